The van der Waals surface area contributed by atoms with Crippen LogP contribution in [0.5, 0.6) is 0 Å². The Kier molecular flexibility index (Phi) is 2.93. The van der Waals surface area contributed by atoms with Crippen molar-refractivity contribution in [3.63, 3.8) is 0 Å². The fourth-order valence-electron chi connectivity index (χ4n) is 2.07. The number of hydrogen-bond donors (Lipinski definition) is 1. The number of aryl methyl sites for hydroxylation is 1. The SMILES string of the molecule is Cc1cncc(C(O)c2ccc3nccnc3c2)c1. The Morgan fingerprint density at radius 1 is 0.947 bits per heavy atom. The summed E-state index contributed by atoms with van der Waals surface area (Å²) in [7, 11) is 0. The van der Waals surface area contributed by atoms with Crippen molar-refractivity contribution >= 4 is 11.0 Å². The monoisotopic (exact) mass is 251 g/mol. The summed E-state index contributed by atoms with van der Waals surface area (Å²) in [6.07, 6.45) is 6.05. The van der Waals surface area contributed by atoms with Crippen molar-refractivity contribution in [3.8, 4) is 0 Å². The number of rotatable bonds is 2. The fourth-order valence-corrected chi connectivity index (χ4v) is 2.07. The van der Waals surface area contributed by atoms with E-state index in [1.807, 2.05) is 31.2 Å². The van der Waals surface area contributed by atoms with E-state index in [-0.39, 0.29) is 0 Å². The van der Waals surface area contributed by atoms with Gasteiger partial charge in [-0.3, -0.25) is 15.0 Å². The molecule has 3 aromatic rings. The molecule has 0 bridgehead atoms. The topological polar surface area (TPSA) is 58.9 Å². The third kappa shape index (κ3) is 2.30. The highest BCUT2D eigenvalue weighted by molar-refractivity contribution is 5.74. The lowest BCUT2D eigenvalue weighted by Gasteiger charge is -2.12. The van der Waals surface area contributed by atoms with Crippen LogP contribution in [0.1, 0.15) is 22.8 Å². The van der Waals surface area contributed by atoms with E-state index in [9.17, 15) is 5.11 Å². The first-order chi connectivity index (χ1) is 9.24. The van der Waals surface area contributed by atoms with Gasteiger partial charge in [-0.15, -0.1) is 0 Å². The van der Waals surface area contributed by atoms with E-state index >= 15 is 0 Å². The van der Waals surface area contributed by atoms with Crippen molar-refractivity contribution in [1.29, 1.82) is 0 Å². The lowest BCUT2D eigenvalue weighted by atomic mass is 10.0. The van der Waals surface area contributed by atoms with Crippen LogP contribution in [0, 0.1) is 6.92 Å². The molecule has 3 rings (SSSR count). The Hall–Kier alpha value is -2.33. The second-order valence-electron chi connectivity index (χ2n) is 4.50. The maximum atomic E-state index is 10.4. The predicted molar refractivity (Wildman–Crippen MR) is 72.6 cm³/mol. The number of aliphatic hydroxyl groups excluding tert-OH is 1. The Labute approximate surface area is 110 Å². The van der Waals surface area contributed by atoms with Gasteiger partial charge in [0.2, 0.25) is 0 Å². The van der Waals surface area contributed by atoms with Gasteiger partial charge >= 0.3 is 0 Å². The van der Waals surface area contributed by atoms with Crippen molar-refractivity contribution in [2.45, 2.75) is 13.0 Å². The van der Waals surface area contributed by atoms with Crippen molar-refractivity contribution in [2.75, 3.05) is 0 Å². The Morgan fingerprint density at radius 3 is 2.53 bits per heavy atom. The molecule has 0 saturated carbocycles. The minimum Gasteiger partial charge on any atom is -0.384 e. The van der Waals surface area contributed by atoms with Crippen molar-refractivity contribution < 1.29 is 5.11 Å². The number of pyridine rings is 1. The predicted octanol–water partition coefficient (Wildman–Crippen LogP) is 2.41. The number of benzene rings is 1. The van der Waals surface area contributed by atoms with Crippen LogP contribution in [0.3, 0.4) is 0 Å². The van der Waals surface area contributed by atoms with E-state index in [1.54, 1.807) is 24.8 Å². The van der Waals surface area contributed by atoms with Gasteiger partial charge in [0.25, 0.3) is 0 Å². The Bertz CT molecular complexity index is 727. The number of fused-ring (bicyclic) bond motifs is 1. The highest BCUT2D eigenvalue weighted by atomic mass is 16.3. The normalized spacial score (nSPS) is 12.5. The molecule has 1 aromatic carbocycles. The molecule has 2 heterocycles. The minimum absolute atomic E-state index is 0.696. The molecule has 1 unspecified atom stereocenters. The summed E-state index contributed by atoms with van der Waals surface area (Å²) >= 11 is 0. The number of aliphatic hydroxyl groups is 1. The summed E-state index contributed by atoms with van der Waals surface area (Å²) in [6, 6.07) is 7.52. The quantitative estimate of drug-likeness (QED) is 0.760. The van der Waals surface area contributed by atoms with Crippen LogP contribution in [0.4, 0.5) is 0 Å². The van der Waals surface area contributed by atoms with Crippen LogP contribution in [0.25, 0.3) is 11.0 Å². The van der Waals surface area contributed by atoms with Crippen LogP contribution in [-0.2, 0) is 0 Å². The van der Waals surface area contributed by atoms with Crippen molar-refractivity contribution in [3.05, 3.63) is 65.7 Å². The molecule has 0 aliphatic rings. The summed E-state index contributed by atoms with van der Waals surface area (Å²) in [5, 5.41) is 10.4. The second kappa shape index (κ2) is 4.74. The molecule has 0 fully saturated rings. The minimum atomic E-state index is -0.696. The zero-order valence-electron chi connectivity index (χ0n) is 10.5. The molecule has 0 aliphatic carbocycles. The number of hydrogen-bond acceptors (Lipinski definition) is 4. The standard InChI is InChI=1S/C15H13N3O/c1-10-6-12(9-16-8-10)15(19)11-2-3-13-14(7-11)18-5-4-17-13/h2-9,15,19H,1H3. The van der Waals surface area contributed by atoms with Gasteiger partial charge < -0.3 is 5.11 Å². The van der Waals surface area contributed by atoms with Gasteiger partial charge in [0, 0.05) is 30.4 Å². The average molecular weight is 251 g/mol. The molecule has 94 valence electrons. The maximum Gasteiger partial charge on any atom is 0.106 e. The van der Waals surface area contributed by atoms with Crippen LogP contribution in [0.2, 0.25) is 0 Å². The van der Waals surface area contributed by atoms with Gasteiger partial charge in [-0.05, 0) is 30.2 Å². The van der Waals surface area contributed by atoms with Crippen LogP contribution in [0.15, 0.2) is 49.1 Å². The highest BCUT2D eigenvalue weighted by Crippen LogP contribution is 2.23. The van der Waals surface area contributed by atoms with Crippen LogP contribution in [-0.4, -0.2) is 20.1 Å². The van der Waals surface area contributed by atoms with Gasteiger partial charge in [-0.2, -0.15) is 0 Å². The van der Waals surface area contributed by atoms with E-state index in [2.05, 4.69) is 15.0 Å². The molecule has 4 nitrogen and oxygen atoms in total. The average Bonchev–Trinajstić information content (AvgIpc) is 2.46. The number of aromatic nitrogens is 3. The zero-order chi connectivity index (χ0) is 13.2. The van der Waals surface area contributed by atoms with Gasteiger partial charge in [-0.1, -0.05) is 12.1 Å². The molecule has 4 heteroatoms. The summed E-state index contributed by atoms with van der Waals surface area (Å²) in [6.45, 7) is 1.95. The number of nitrogens with zero attached hydrogens (tertiary/aromatic N) is 3. The summed E-state index contributed by atoms with van der Waals surface area (Å²) in [5.74, 6) is 0. The summed E-state index contributed by atoms with van der Waals surface area (Å²) in [5.41, 5.74) is 4.20. The molecule has 2 aromatic heterocycles. The van der Waals surface area contributed by atoms with E-state index in [0.29, 0.717) is 0 Å². The third-order valence-corrected chi connectivity index (χ3v) is 3.02. The van der Waals surface area contributed by atoms with Gasteiger partial charge in [-0.25, -0.2) is 0 Å². The van der Waals surface area contributed by atoms with Crippen LogP contribution >= 0.6 is 0 Å². The van der Waals surface area contributed by atoms with Gasteiger partial charge in [0.15, 0.2) is 0 Å². The first kappa shape index (κ1) is 11.7. The molecule has 0 aliphatic heterocycles. The lowest BCUT2D eigenvalue weighted by Crippen LogP contribution is -2.01. The smallest absolute Gasteiger partial charge is 0.106 e. The van der Waals surface area contributed by atoms with E-state index in [0.717, 1.165) is 27.7 Å². The molecule has 0 radical (unpaired) electrons. The van der Waals surface area contributed by atoms with Crippen molar-refractivity contribution in [1.82, 2.24) is 15.0 Å². The second-order valence-corrected chi connectivity index (χ2v) is 4.50. The fraction of sp³-hybridized carbons (Fsp3) is 0.133. The molecule has 0 saturated heterocycles. The van der Waals surface area contributed by atoms with Crippen molar-refractivity contribution in [2.24, 2.45) is 0 Å². The largest absolute Gasteiger partial charge is 0.384 e. The van der Waals surface area contributed by atoms with Gasteiger partial charge in [0.1, 0.15) is 6.10 Å². The Balaban J connectivity index is 2.04. The van der Waals surface area contributed by atoms with E-state index in [4.69, 9.17) is 0 Å². The molecular formula is C15H13N3O. The van der Waals surface area contributed by atoms with E-state index in [1.165, 1.54) is 0 Å². The molecule has 0 spiro atoms. The molecular weight excluding hydrogens is 238 g/mol. The molecule has 19 heavy (non-hydrogen) atoms. The third-order valence-electron chi connectivity index (χ3n) is 3.02. The highest BCUT2D eigenvalue weighted by Gasteiger charge is 2.11. The summed E-state index contributed by atoms with van der Waals surface area (Å²) < 4.78 is 0. The molecule has 1 N–H and O–H groups in total. The maximum absolute atomic E-state index is 10.4. The summed E-state index contributed by atoms with van der Waals surface area (Å²) in [4.78, 5) is 12.6. The first-order valence-corrected chi connectivity index (χ1v) is 6.04. The molecule has 1 atom stereocenters. The van der Waals surface area contributed by atoms with E-state index < -0.39 is 6.10 Å². The lowest BCUT2D eigenvalue weighted by molar-refractivity contribution is 0.220. The molecule has 0 amide bonds. The Morgan fingerprint density at radius 2 is 1.74 bits per heavy atom. The van der Waals surface area contributed by atoms with Crippen LogP contribution < -0.4 is 0 Å². The first-order valence-electron chi connectivity index (χ1n) is 6.04. The van der Waals surface area contributed by atoms with Gasteiger partial charge in [0.05, 0.1) is 11.0 Å². The zero-order valence-corrected chi connectivity index (χ0v) is 10.5.